The predicted octanol–water partition coefficient (Wildman–Crippen LogP) is 4.30. The highest BCUT2D eigenvalue weighted by Crippen LogP contribution is 2.25. The number of ketones is 1. The summed E-state index contributed by atoms with van der Waals surface area (Å²) in [6.07, 6.45) is 4.89. The van der Waals surface area contributed by atoms with E-state index in [-0.39, 0.29) is 30.6 Å². The topological polar surface area (TPSA) is 84.5 Å². The number of rotatable bonds is 6. The first kappa shape index (κ1) is 20.9. The highest BCUT2D eigenvalue weighted by molar-refractivity contribution is 5.99. The van der Waals surface area contributed by atoms with Gasteiger partial charge in [-0.15, -0.1) is 0 Å². The summed E-state index contributed by atoms with van der Waals surface area (Å²) in [5.74, 6) is 0.00171. The van der Waals surface area contributed by atoms with E-state index in [0.717, 1.165) is 25.7 Å². The first-order chi connectivity index (χ1) is 12.7. The smallest absolute Gasteiger partial charge is 0.407 e. The molecule has 2 amide bonds. The molecule has 0 bridgehead atoms. The van der Waals surface area contributed by atoms with Crippen LogP contribution in [0, 0.1) is 5.92 Å². The standard InChI is InChI=1S/C21H30N2O4/c1-21(2,3)27-20(26)22-13-12-18(24)16-10-7-11-17(14-16)23-19(25)15-8-5-4-6-9-15/h7,10-11,14-15H,4-6,8-9,12-13H2,1-3H3,(H,22,26)(H,23,25). The van der Waals surface area contributed by atoms with Gasteiger partial charge in [0.1, 0.15) is 5.60 Å². The molecule has 6 nitrogen and oxygen atoms in total. The Morgan fingerprint density at radius 3 is 2.48 bits per heavy atom. The van der Waals surface area contributed by atoms with Crippen LogP contribution in [0.5, 0.6) is 0 Å². The van der Waals surface area contributed by atoms with E-state index in [1.54, 1.807) is 45.0 Å². The number of anilines is 1. The highest BCUT2D eigenvalue weighted by atomic mass is 16.6. The van der Waals surface area contributed by atoms with Crippen molar-refractivity contribution < 1.29 is 19.1 Å². The van der Waals surface area contributed by atoms with Crippen molar-refractivity contribution in [2.45, 2.75) is 64.9 Å². The Morgan fingerprint density at radius 1 is 1.11 bits per heavy atom. The van der Waals surface area contributed by atoms with Gasteiger partial charge in [-0.3, -0.25) is 9.59 Å². The molecule has 0 radical (unpaired) electrons. The van der Waals surface area contributed by atoms with Crippen LogP contribution >= 0.6 is 0 Å². The van der Waals surface area contributed by atoms with Gasteiger partial charge in [-0.1, -0.05) is 31.4 Å². The van der Waals surface area contributed by atoms with Crippen molar-refractivity contribution in [2.75, 3.05) is 11.9 Å². The van der Waals surface area contributed by atoms with Gasteiger partial charge in [0.05, 0.1) is 0 Å². The zero-order valence-corrected chi connectivity index (χ0v) is 16.5. The summed E-state index contributed by atoms with van der Waals surface area (Å²) in [6.45, 7) is 5.55. The van der Waals surface area contributed by atoms with Gasteiger partial charge in [0, 0.05) is 30.1 Å². The summed E-state index contributed by atoms with van der Waals surface area (Å²) < 4.78 is 5.14. The molecule has 1 aliphatic rings. The van der Waals surface area contributed by atoms with E-state index in [4.69, 9.17) is 4.74 Å². The Morgan fingerprint density at radius 2 is 1.81 bits per heavy atom. The van der Waals surface area contributed by atoms with E-state index in [2.05, 4.69) is 10.6 Å². The summed E-state index contributed by atoms with van der Waals surface area (Å²) >= 11 is 0. The molecule has 1 fully saturated rings. The van der Waals surface area contributed by atoms with Crippen LogP contribution in [0.15, 0.2) is 24.3 Å². The molecule has 0 aromatic heterocycles. The first-order valence-electron chi connectivity index (χ1n) is 9.65. The van der Waals surface area contributed by atoms with E-state index in [1.165, 1.54) is 6.42 Å². The minimum absolute atomic E-state index is 0.0332. The predicted molar refractivity (Wildman–Crippen MR) is 105 cm³/mol. The summed E-state index contributed by atoms with van der Waals surface area (Å²) in [5.41, 5.74) is 0.581. The number of benzene rings is 1. The van der Waals surface area contributed by atoms with Crippen LogP contribution in [-0.2, 0) is 9.53 Å². The van der Waals surface area contributed by atoms with Gasteiger partial charge < -0.3 is 15.4 Å². The number of ether oxygens (including phenoxy) is 1. The first-order valence-corrected chi connectivity index (χ1v) is 9.65. The molecule has 1 aliphatic carbocycles. The summed E-state index contributed by atoms with van der Waals surface area (Å²) in [7, 11) is 0. The van der Waals surface area contributed by atoms with Crippen LogP contribution in [0.2, 0.25) is 0 Å². The lowest BCUT2D eigenvalue weighted by atomic mass is 9.88. The Balaban J connectivity index is 1.83. The number of carbonyl (C=O) groups excluding carboxylic acids is 3. The van der Waals surface area contributed by atoms with E-state index in [1.807, 2.05) is 0 Å². The molecule has 1 saturated carbocycles. The van der Waals surface area contributed by atoms with Crippen LogP contribution in [0.25, 0.3) is 0 Å². The monoisotopic (exact) mass is 374 g/mol. The SMILES string of the molecule is CC(C)(C)OC(=O)NCCC(=O)c1cccc(NC(=O)C2CCCCC2)c1. The average molecular weight is 374 g/mol. The number of amides is 2. The molecule has 6 heteroatoms. The molecule has 0 spiro atoms. The maximum Gasteiger partial charge on any atom is 0.407 e. The van der Waals surface area contributed by atoms with Crippen LogP contribution in [0.4, 0.5) is 10.5 Å². The van der Waals surface area contributed by atoms with E-state index in [0.29, 0.717) is 11.3 Å². The number of nitrogens with one attached hydrogen (secondary N) is 2. The van der Waals surface area contributed by atoms with Crippen molar-refractivity contribution in [3.05, 3.63) is 29.8 Å². The van der Waals surface area contributed by atoms with Gasteiger partial charge in [0.15, 0.2) is 5.78 Å². The zero-order chi connectivity index (χ0) is 19.9. The maximum absolute atomic E-state index is 12.4. The van der Waals surface area contributed by atoms with Gasteiger partial charge in [-0.2, -0.15) is 0 Å². The van der Waals surface area contributed by atoms with Crippen LogP contribution < -0.4 is 10.6 Å². The Hall–Kier alpha value is -2.37. The summed E-state index contributed by atoms with van der Waals surface area (Å²) in [4.78, 5) is 36.3. The Kier molecular flexibility index (Phi) is 7.39. The largest absolute Gasteiger partial charge is 0.444 e. The quantitative estimate of drug-likeness (QED) is 0.727. The van der Waals surface area contributed by atoms with Gasteiger partial charge in [-0.25, -0.2) is 4.79 Å². The highest BCUT2D eigenvalue weighted by Gasteiger charge is 2.21. The molecule has 148 valence electrons. The summed E-state index contributed by atoms with van der Waals surface area (Å²) in [5, 5.41) is 5.50. The van der Waals surface area contributed by atoms with Crippen molar-refractivity contribution >= 4 is 23.5 Å². The maximum atomic E-state index is 12.4. The number of hydrogen-bond donors (Lipinski definition) is 2. The van der Waals surface area contributed by atoms with Gasteiger partial charge in [-0.05, 0) is 45.7 Å². The fraction of sp³-hybridized carbons (Fsp3) is 0.571. The molecule has 0 saturated heterocycles. The molecule has 0 heterocycles. The molecule has 1 aromatic rings. The minimum atomic E-state index is -0.570. The minimum Gasteiger partial charge on any atom is -0.444 e. The molecule has 2 rings (SSSR count). The van der Waals surface area contributed by atoms with Crippen LogP contribution in [-0.4, -0.2) is 29.9 Å². The Bertz CT molecular complexity index is 673. The van der Waals surface area contributed by atoms with Crippen LogP contribution in [0.1, 0.15) is 69.7 Å². The third kappa shape index (κ3) is 7.41. The molecule has 0 unspecified atom stereocenters. The second-order valence-electron chi connectivity index (χ2n) is 8.01. The Labute approximate surface area is 161 Å². The molecule has 0 aliphatic heterocycles. The average Bonchev–Trinajstić information content (AvgIpc) is 2.61. The molecule has 0 atom stereocenters. The molecule has 1 aromatic carbocycles. The third-order valence-corrected chi connectivity index (χ3v) is 4.45. The van der Waals surface area contributed by atoms with Crippen molar-refractivity contribution in [3.63, 3.8) is 0 Å². The van der Waals surface area contributed by atoms with E-state index < -0.39 is 11.7 Å². The van der Waals surface area contributed by atoms with Crippen molar-refractivity contribution in [1.82, 2.24) is 5.32 Å². The second-order valence-corrected chi connectivity index (χ2v) is 8.01. The van der Waals surface area contributed by atoms with E-state index >= 15 is 0 Å². The third-order valence-electron chi connectivity index (χ3n) is 4.45. The molecule has 2 N–H and O–H groups in total. The second kappa shape index (κ2) is 9.53. The number of alkyl carbamates (subject to hydrolysis) is 1. The number of Topliss-reactive ketones (excluding diaryl/α,β-unsaturated/α-hetero) is 1. The van der Waals surface area contributed by atoms with E-state index in [9.17, 15) is 14.4 Å². The lowest BCUT2D eigenvalue weighted by Gasteiger charge is -2.20. The number of hydrogen-bond acceptors (Lipinski definition) is 4. The van der Waals surface area contributed by atoms with Gasteiger partial charge in [0.25, 0.3) is 0 Å². The lowest BCUT2D eigenvalue weighted by Crippen LogP contribution is -2.33. The molecular formula is C21H30N2O4. The fourth-order valence-corrected chi connectivity index (χ4v) is 3.12. The zero-order valence-electron chi connectivity index (χ0n) is 16.5. The normalized spacial score (nSPS) is 15.1. The summed E-state index contributed by atoms with van der Waals surface area (Å²) in [6, 6.07) is 6.95. The lowest BCUT2D eigenvalue weighted by molar-refractivity contribution is -0.120. The van der Waals surface area contributed by atoms with Gasteiger partial charge in [0.2, 0.25) is 5.91 Å². The van der Waals surface area contributed by atoms with Crippen LogP contribution in [0.3, 0.4) is 0 Å². The van der Waals surface area contributed by atoms with Crippen molar-refractivity contribution in [2.24, 2.45) is 5.92 Å². The van der Waals surface area contributed by atoms with Crippen molar-refractivity contribution in [1.29, 1.82) is 0 Å². The van der Waals surface area contributed by atoms with Crippen molar-refractivity contribution in [3.8, 4) is 0 Å². The fourth-order valence-electron chi connectivity index (χ4n) is 3.12. The number of carbonyl (C=O) groups is 3. The van der Waals surface area contributed by atoms with Gasteiger partial charge >= 0.3 is 6.09 Å². The molecule has 27 heavy (non-hydrogen) atoms. The molecular weight excluding hydrogens is 344 g/mol.